The van der Waals surface area contributed by atoms with E-state index in [2.05, 4.69) is 24.4 Å². The highest BCUT2D eigenvalue weighted by Crippen LogP contribution is 2.39. The fraction of sp³-hybridized carbons (Fsp3) is 0.600. The number of nitrogens with one attached hydrogen (secondary N) is 1. The van der Waals surface area contributed by atoms with Crippen molar-refractivity contribution < 1.29 is 9.47 Å². The molecule has 0 radical (unpaired) electrons. The molecule has 0 aliphatic carbocycles. The van der Waals surface area contributed by atoms with Crippen molar-refractivity contribution in [2.45, 2.75) is 38.6 Å². The van der Waals surface area contributed by atoms with Gasteiger partial charge in [-0.05, 0) is 37.4 Å². The fourth-order valence-corrected chi connectivity index (χ4v) is 3.00. The molecule has 1 aromatic rings. The number of piperidine rings is 1. The topological polar surface area (TPSA) is 30.5 Å². The largest absolute Gasteiger partial charge is 0.486 e. The Balaban J connectivity index is 1.98. The summed E-state index contributed by atoms with van der Waals surface area (Å²) in [7, 11) is 0. The van der Waals surface area contributed by atoms with Gasteiger partial charge in [-0.3, -0.25) is 0 Å². The molecule has 1 N–H and O–H groups in total. The summed E-state index contributed by atoms with van der Waals surface area (Å²) in [5, 5.41) is 3.62. The third-order valence-electron chi connectivity index (χ3n) is 3.89. The smallest absolute Gasteiger partial charge is 0.164 e. The average molecular weight is 247 g/mol. The van der Waals surface area contributed by atoms with E-state index in [1.54, 1.807) is 0 Å². The molecule has 1 aromatic carbocycles. The molecule has 2 aliphatic heterocycles. The summed E-state index contributed by atoms with van der Waals surface area (Å²) in [5.74, 6) is 1.89. The maximum absolute atomic E-state index is 5.82. The predicted octanol–water partition coefficient (Wildman–Crippen LogP) is 2.83. The van der Waals surface area contributed by atoms with E-state index in [4.69, 9.17) is 9.47 Å². The fourth-order valence-electron chi connectivity index (χ4n) is 3.00. The quantitative estimate of drug-likeness (QED) is 0.871. The van der Waals surface area contributed by atoms with Crippen LogP contribution >= 0.6 is 0 Å². The van der Waals surface area contributed by atoms with Crippen LogP contribution in [0.15, 0.2) is 12.1 Å². The van der Waals surface area contributed by atoms with Crippen LogP contribution in [0.1, 0.15) is 43.4 Å². The minimum Gasteiger partial charge on any atom is -0.486 e. The first-order chi connectivity index (χ1) is 8.90. The molecule has 3 nitrogen and oxygen atoms in total. The molecule has 18 heavy (non-hydrogen) atoms. The lowest BCUT2D eigenvalue weighted by molar-refractivity contribution is 0.169. The molecular formula is C15H21NO2. The lowest BCUT2D eigenvalue weighted by Crippen LogP contribution is -2.28. The number of fused-ring (bicyclic) bond motifs is 1. The normalized spacial score (nSPS) is 22.8. The van der Waals surface area contributed by atoms with E-state index in [1.807, 2.05) is 0 Å². The van der Waals surface area contributed by atoms with Gasteiger partial charge in [0.1, 0.15) is 13.2 Å². The van der Waals surface area contributed by atoms with Gasteiger partial charge in [-0.2, -0.15) is 0 Å². The van der Waals surface area contributed by atoms with Crippen molar-refractivity contribution in [3.8, 4) is 11.5 Å². The molecule has 1 saturated heterocycles. The summed E-state index contributed by atoms with van der Waals surface area (Å²) in [4.78, 5) is 0. The van der Waals surface area contributed by atoms with Crippen molar-refractivity contribution in [1.82, 2.24) is 5.32 Å². The Morgan fingerprint density at radius 2 is 2.11 bits per heavy atom. The average Bonchev–Trinajstić information content (AvgIpc) is 2.47. The maximum Gasteiger partial charge on any atom is 0.164 e. The van der Waals surface area contributed by atoms with Crippen LogP contribution in [-0.4, -0.2) is 19.8 Å². The number of hydrogen-bond donors (Lipinski definition) is 1. The van der Waals surface area contributed by atoms with Gasteiger partial charge in [-0.1, -0.05) is 19.4 Å². The second-order valence-corrected chi connectivity index (χ2v) is 5.01. The summed E-state index contributed by atoms with van der Waals surface area (Å²) in [6.07, 6.45) is 4.84. The third kappa shape index (κ3) is 2.07. The molecule has 98 valence electrons. The molecule has 1 fully saturated rings. The van der Waals surface area contributed by atoms with E-state index in [-0.39, 0.29) is 0 Å². The van der Waals surface area contributed by atoms with E-state index in [9.17, 15) is 0 Å². The van der Waals surface area contributed by atoms with Crippen molar-refractivity contribution in [3.05, 3.63) is 23.3 Å². The van der Waals surface area contributed by atoms with Crippen molar-refractivity contribution in [2.75, 3.05) is 19.8 Å². The highest BCUT2D eigenvalue weighted by Gasteiger charge is 2.23. The van der Waals surface area contributed by atoms with Gasteiger partial charge in [-0.25, -0.2) is 0 Å². The first kappa shape index (κ1) is 11.8. The van der Waals surface area contributed by atoms with Gasteiger partial charge in [0, 0.05) is 11.6 Å². The molecule has 1 atom stereocenters. The summed E-state index contributed by atoms with van der Waals surface area (Å²) in [6, 6.07) is 4.78. The molecule has 1 unspecified atom stereocenters. The zero-order valence-corrected chi connectivity index (χ0v) is 11.0. The molecule has 2 aliphatic rings. The van der Waals surface area contributed by atoms with Crippen molar-refractivity contribution >= 4 is 0 Å². The van der Waals surface area contributed by atoms with E-state index in [0.29, 0.717) is 19.3 Å². The predicted molar refractivity (Wildman–Crippen MR) is 71.4 cm³/mol. The molecule has 0 spiro atoms. The van der Waals surface area contributed by atoms with E-state index < -0.39 is 0 Å². The molecule has 0 aromatic heterocycles. The van der Waals surface area contributed by atoms with Crippen LogP contribution in [0, 0.1) is 0 Å². The van der Waals surface area contributed by atoms with Gasteiger partial charge in [0.15, 0.2) is 11.5 Å². The molecule has 3 heteroatoms. The van der Waals surface area contributed by atoms with Gasteiger partial charge < -0.3 is 14.8 Å². The van der Waals surface area contributed by atoms with Crippen molar-refractivity contribution in [1.29, 1.82) is 0 Å². The second kappa shape index (κ2) is 5.19. The maximum atomic E-state index is 5.82. The minimum absolute atomic E-state index is 0.490. The number of hydrogen-bond acceptors (Lipinski definition) is 3. The van der Waals surface area contributed by atoms with Crippen LogP contribution in [0.3, 0.4) is 0 Å². The van der Waals surface area contributed by atoms with Crippen LogP contribution in [0.5, 0.6) is 11.5 Å². The van der Waals surface area contributed by atoms with Crippen LogP contribution < -0.4 is 14.8 Å². The Hall–Kier alpha value is -1.22. The number of ether oxygens (including phenoxy) is 2. The summed E-state index contributed by atoms with van der Waals surface area (Å²) in [5.41, 5.74) is 2.73. The third-order valence-corrected chi connectivity index (χ3v) is 3.89. The first-order valence-electron chi connectivity index (χ1n) is 7.05. The first-order valence-corrected chi connectivity index (χ1v) is 7.05. The Kier molecular flexibility index (Phi) is 3.41. The van der Waals surface area contributed by atoms with Crippen LogP contribution in [0.25, 0.3) is 0 Å². The van der Waals surface area contributed by atoms with Crippen LogP contribution in [-0.2, 0) is 6.42 Å². The molecule has 0 amide bonds. The molecule has 3 rings (SSSR count). The molecule has 0 saturated carbocycles. The lowest BCUT2D eigenvalue weighted by Gasteiger charge is -2.29. The van der Waals surface area contributed by atoms with E-state index in [0.717, 1.165) is 24.5 Å². The van der Waals surface area contributed by atoms with Gasteiger partial charge >= 0.3 is 0 Å². The van der Waals surface area contributed by atoms with Gasteiger partial charge in [-0.15, -0.1) is 0 Å². The standard InChI is InChI=1S/C15H21NO2/c1-2-11-12(13-5-3-4-8-16-13)6-7-14-15(11)18-10-9-17-14/h6-7,13,16H,2-5,8-10H2,1H3. The highest BCUT2D eigenvalue weighted by molar-refractivity contribution is 5.52. The van der Waals surface area contributed by atoms with Crippen molar-refractivity contribution in [3.63, 3.8) is 0 Å². The van der Waals surface area contributed by atoms with Crippen LogP contribution in [0.4, 0.5) is 0 Å². The number of benzene rings is 1. The Morgan fingerprint density at radius 1 is 1.22 bits per heavy atom. The summed E-state index contributed by atoms with van der Waals surface area (Å²) < 4.78 is 11.5. The van der Waals surface area contributed by atoms with E-state index >= 15 is 0 Å². The SMILES string of the molecule is CCc1c(C2CCCCN2)ccc2c1OCCO2. The highest BCUT2D eigenvalue weighted by atomic mass is 16.6. The summed E-state index contributed by atoms with van der Waals surface area (Å²) in [6.45, 7) is 4.65. The number of rotatable bonds is 2. The Bertz CT molecular complexity index is 425. The minimum atomic E-state index is 0.490. The zero-order valence-electron chi connectivity index (χ0n) is 11.0. The van der Waals surface area contributed by atoms with Crippen LogP contribution in [0.2, 0.25) is 0 Å². The monoisotopic (exact) mass is 247 g/mol. The van der Waals surface area contributed by atoms with Crippen molar-refractivity contribution in [2.24, 2.45) is 0 Å². The Morgan fingerprint density at radius 3 is 2.89 bits per heavy atom. The summed E-state index contributed by atoms with van der Waals surface area (Å²) >= 11 is 0. The second-order valence-electron chi connectivity index (χ2n) is 5.01. The van der Waals surface area contributed by atoms with Gasteiger partial charge in [0.25, 0.3) is 0 Å². The molecular weight excluding hydrogens is 226 g/mol. The molecule has 0 bridgehead atoms. The zero-order chi connectivity index (χ0) is 12.4. The van der Waals surface area contributed by atoms with Gasteiger partial charge in [0.05, 0.1) is 0 Å². The Labute approximate surface area is 108 Å². The van der Waals surface area contributed by atoms with Gasteiger partial charge in [0.2, 0.25) is 0 Å². The molecule has 2 heterocycles. The van der Waals surface area contributed by atoms with E-state index in [1.165, 1.54) is 30.4 Å². The lowest BCUT2D eigenvalue weighted by atomic mass is 9.91.